The molecular formula is C13H19NO3S. The van der Waals surface area contributed by atoms with Gasteiger partial charge in [-0.25, -0.2) is 0 Å². The Morgan fingerprint density at radius 3 is 2.28 bits per heavy atom. The van der Waals surface area contributed by atoms with E-state index in [-0.39, 0.29) is 4.90 Å². The predicted octanol–water partition coefficient (Wildman–Crippen LogP) is 1.82. The maximum Gasteiger partial charge on any atom is 0.294 e. The number of hydrogen-bond donors (Lipinski definition) is 1. The largest absolute Gasteiger partial charge is 0.306 e. The Hall–Kier alpha value is -0.910. The maximum atomic E-state index is 10.9. The van der Waals surface area contributed by atoms with Gasteiger partial charge in [0, 0.05) is 0 Å². The average Bonchev–Trinajstić information content (AvgIpc) is 2.32. The summed E-state index contributed by atoms with van der Waals surface area (Å²) in [6.45, 7) is 2.27. The molecule has 2 rings (SSSR count). The van der Waals surface area contributed by atoms with Gasteiger partial charge in [-0.2, -0.15) is 8.42 Å². The van der Waals surface area contributed by atoms with E-state index in [2.05, 4.69) is 11.9 Å². The number of benzene rings is 1. The highest BCUT2D eigenvalue weighted by Gasteiger charge is 2.17. The van der Waals surface area contributed by atoms with Crippen LogP contribution in [0.25, 0.3) is 0 Å². The molecule has 1 aromatic rings. The molecule has 4 nitrogen and oxygen atoms in total. The lowest BCUT2D eigenvalue weighted by Crippen LogP contribution is -2.30. The standard InChI is InChI=1S/C13H19NO3S/c1-14-8-6-12(7-9-14)10-11-2-4-13(5-3-11)18(15,16)17/h2-5,12H,6-10H2,1H3,(H,15,16,17). The molecule has 0 aromatic heterocycles. The van der Waals surface area contributed by atoms with Gasteiger partial charge in [-0.1, -0.05) is 12.1 Å². The molecule has 0 atom stereocenters. The topological polar surface area (TPSA) is 57.6 Å². The second kappa shape index (κ2) is 5.38. The van der Waals surface area contributed by atoms with Crippen LogP contribution in [-0.2, 0) is 16.5 Å². The van der Waals surface area contributed by atoms with Crippen molar-refractivity contribution in [3.05, 3.63) is 29.8 Å². The molecule has 18 heavy (non-hydrogen) atoms. The fraction of sp³-hybridized carbons (Fsp3) is 0.538. The van der Waals surface area contributed by atoms with Crippen molar-refractivity contribution >= 4 is 10.1 Å². The van der Waals surface area contributed by atoms with Crippen LogP contribution in [0.5, 0.6) is 0 Å². The van der Waals surface area contributed by atoms with Crippen molar-refractivity contribution < 1.29 is 13.0 Å². The van der Waals surface area contributed by atoms with Gasteiger partial charge >= 0.3 is 0 Å². The molecule has 1 saturated heterocycles. The molecule has 1 aromatic carbocycles. The number of likely N-dealkylation sites (tertiary alicyclic amines) is 1. The van der Waals surface area contributed by atoms with Gasteiger partial charge in [0.2, 0.25) is 0 Å². The van der Waals surface area contributed by atoms with Crippen molar-refractivity contribution in [2.75, 3.05) is 20.1 Å². The highest BCUT2D eigenvalue weighted by molar-refractivity contribution is 7.85. The molecule has 1 aliphatic rings. The van der Waals surface area contributed by atoms with Gasteiger partial charge in [-0.3, -0.25) is 4.55 Å². The molecule has 1 aliphatic heterocycles. The molecular weight excluding hydrogens is 250 g/mol. The first-order chi connectivity index (χ1) is 8.45. The van der Waals surface area contributed by atoms with E-state index in [1.165, 1.54) is 25.0 Å². The fourth-order valence-corrected chi connectivity index (χ4v) is 2.88. The molecule has 1 heterocycles. The highest BCUT2D eigenvalue weighted by Crippen LogP contribution is 2.21. The van der Waals surface area contributed by atoms with E-state index in [1.54, 1.807) is 12.1 Å². The van der Waals surface area contributed by atoms with E-state index in [0.717, 1.165) is 25.1 Å². The minimum atomic E-state index is -4.07. The summed E-state index contributed by atoms with van der Waals surface area (Å²) < 4.78 is 30.7. The van der Waals surface area contributed by atoms with Crippen LogP contribution >= 0.6 is 0 Å². The Morgan fingerprint density at radius 1 is 1.22 bits per heavy atom. The minimum Gasteiger partial charge on any atom is -0.306 e. The van der Waals surface area contributed by atoms with Crippen molar-refractivity contribution in [1.29, 1.82) is 0 Å². The molecule has 0 saturated carbocycles. The zero-order valence-electron chi connectivity index (χ0n) is 10.5. The Balaban J connectivity index is 1.98. The molecule has 1 fully saturated rings. The second-order valence-electron chi connectivity index (χ2n) is 5.07. The van der Waals surface area contributed by atoms with Crippen molar-refractivity contribution in [1.82, 2.24) is 4.90 Å². The lowest BCUT2D eigenvalue weighted by molar-refractivity contribution is 0.219. The summed E-state index contributed by atoms with van der Waals surface area (Å²) in [5.74, 6) is 0.679. The van der Waals surface area contributed by atoms with Gasteiger partial charge < -0.3 is 4.90 Å². The van der Waals surface area contributed by atoms with Crippen LogP contribution in [0, 0.1) is 5.92 Å². The lowest BCUT2D eigenvalue weighted by Gasteiger charge is -2.28. The van der Waals surface area contributed by atoms with Crippen LogP contribution in [0.2, 0.25) is 0 Å². The van der Waals surface area contributed by atoms with Crippen molar-refractivity contribution in [2.24, 2.45) is 5.92 Å². The van der Waals surface area contributed by atoms with E-state index >= 15 is 0 Å². The second-order valence-corrected chi connectivity index (χ2v) is 6.49. The van der Waals surface area contributed by atoms with Crippen LogP contribution < -0.4 is 0 Å². The average molecular weight is 269 g/mol. The van der Waals surface area contributed by atoms with Gasteiger partial charge in [0.15, 0.2) is 0 Å². The van der Waals surface area contributed by atoms with Gasteiger partial charge in [-0.15, -0.1) is 0 Å². The first-order valence-electron chi connectivity index (χ1n) is 6.20. The van der Waals surface area contributed by atoms with Crippen molar-refractivity contribution in [3.63, 3.8) is 0 Å². The van der Waals surface area contributed by atoms with Crippen LogP contribution in [0.15, 0.2) is 29.2 Å². The Bertz CT molecular complexity index is 487. The summed E-state index contributed by atoms with van der Waals surface area (Å²) in [5.41, 5.74) is 1.14. The highest BCUT2D eigenvalue weighted by atomic mass is 32.2. The Labute approximate surface area is 108 Å². The molecule has 0 amide bonds. The minimum absolute atomic E-state index is 0.0328. The first kappa shape index (κ1) is 13.5. The van der Waals surface area contributed by atoms with Gasteiger partial charge in [-0.05, 0) is 63.0 Å². The molecule has 0 spiro atoms. The smallest absolute Gasteiger partial charge is 0.294 e. The molecule has 1 N–H and O–H groups in total. The molecule has 0 radical (unpaired) electrons. The molecule has 100 valence electrons. The van der Waals surface area contributed by atoms with Gasteiger partial charge in [0.05, 0.1) is 4.90 Å². The zero-order valence-corrected chi connectivity index (χ0v) is 11.4. The first-order valence-corrected chi connectivity index (χ1v) is 7.64. The van der Waals surface area contributed by atoms with E-state index in [4.69, 9.17) is 4.55 Å². The molecule has 5 heteroatoms. The van der Waals surface area contributed by atoms with Crippen molar-refractivity contribution in [3.8, 4) is 0 Å². The lowest BCUT2D eigenvalue weighted by atomic mass is 9.90. The van der Waals surface area contributed by atoms with Crippen LogP contribution in [-0.4, -0.2) is 38.0 Å². The summed E-state index contributed by atoms with van der Waals surface area (Å²) in [7, 11) is -1.93. The quantitative estimate of drug-likeness (QED) is 0.850. The fourth-order valence-electron chi connectivity index (χ4n) is 2.40. The predicted molar refractivity (Wildman–Crippen MR) is 70.2 cm³/mol. The molecule has 0 bridgehead atoms. The summed E-state index contributed by atoms with van der Waals surface area (Å²) in [6.07, 6.45) is 3.37. The van der Waals surface area contributed by atoms with Crippen molar-refractivity contribution in [2.45, 2.75) is 24.2 Å². The molecule has 0 unspecified atom stereocenters. The number of rotatable bonds is 3. The number of hydrogen-bond acceptors (Lipinski definition) is 3. The third kappa shape index (κ3) is 3.54. The van der Waals surface area contributed by atoms with Crippen LogP contribution in [0.3, 0.4) is 0 Å². The van der Waals surface area contributed by atoms with E-state index in [1.807, 2.05) is 0 Å². The summed E-state index contributed by atoms with van der Waals surface area (Å²) in [4.78, 5) is 2.30. The number of nitrogens with zero attached hydrogens (tertiary/aromatic N) is 1. The normalized spacial score (nSPS) is 19.0. The third-order valence-electron chi connectivity index (χ3n) is 3.58. The van der Waals surface area contributed by atoms with Gasteiger partial charge in [0.25, 0.3) is 10.1 Å². The van der Waals surface area contributed by atoms with Crippen LogP contribution in [0.4, 0.5) is 0 Å². The van der Waals surface area contributed by atoms with E-state index in [0.29, 0.717) is 5.92 Å². The van der Waals surface area contributed by atoms with Crippen LogP contribution in [0.1, 0.15) is 18.4 Å². The monoisotopic (exact) mass is 269 g/mol. The summed E-state index contributed by atoms with van der Waals surface area (Å²) >= 11 is 0. The van der Waals surface area contributed by atoms with E-state index < -0.39 is 10.1 Å². The zero-order chi connectivity index (χ0) is 13.2. The Morgan fingerprint density at radius 2 is 1.78 bits per heavy atom. The third-order valence-corrected chi connectivity index (χ3v) is 4.45. The van der Waals surface area contributed by atoms with Gasteiger partial charge in [0.1, 0.15) is 0 Å². The summed E-state index contributed by atoms with van der Waals surface area (Å²) in [6, 6.07) is 6.53. The number of piperidine rings is 1. The molecule has 0 aliphatic carbocycles. The maximum absolute atomic E-state index is 10.9. The SMILES string of the molecule is CN1CCC(Cc2ccc(S(=O)(=O)O)cc2)CC1. The van der Waals surface area contributed by atoms with E-state index in [9.17, 15) is 8.42 Å². The summed E-state index contributed by atoms with van der Waals surface area (Å²) in [5, 5.41) is 0. The Kier molecular flexibility index (Phi) is 4.04.